The Hall–Kier alpha value is -0.250. The van der Waals surface area contributed by atoms with Gasteiger partial charge in [0.05, 0.1) is 6.10 Å². The highest BCUT2D eigenvalue weighted by atomic mass is 19.4. The van der Waals surface area contributed by atoms with E-state index < -0.39 is 12.5 Å². The maximum Gasteiger partial charge on any atom is 0.522 e. The first-order chi connectivity index (χ1) is 6.87. The molecule has 1 rings (SSSR count). The standard InChI is InChI=1S/C11H19F3O/c1-8(2)7-9-3-5-10(6-4-9)15-11(12,13)14/h8-10H,3-7H2,1-2H3. The number of halogens is 3. The van der Waals surface area contributed by atoms with Gasteiger partial charge >= 0.3 is 6.36 Å². The minimum atomic E-state index is -4.46. The maximum atomic E-state index is 11.9. The monoisotopic (exact) mass is 224 g/mol. The Kier molecular flexibility index (Phi) is 4.44. The molecule has 1 saturated carbocycles. The van der Waals surface area contributed by atoms with Crippen LogP contribution >= 0.6 is 0 Å². The van der Waals surface area contributed by atoms with Crippen molar-refractivity contribution in [3.63, 3.8) is 0 Å². The maximum absolute atomic E-state index is 11.9. The number of ether oxygens (including phenoxy) is 1. The summed E-state index contributed by atoms with van der Waals surface area (Å²) < 4.78 is 39.8. The van der Waals surface area contributed by atoms with E-state index in [0.717, 1.165) is 19.3 Å². The molecule has 15 heavy (non-hydrogen) atoms. The van der Waals surface area contributed by atoms with Gasteiger partial charge in [-0.1, -0.05) is 13.8 Å². The highest BCUT2D eigenvalue weighted by Crippen LogP contribution is 2.33. The normalized spacial score (nSPS) is 28.4. The first-order valence-electron chi connectivity index (χ1n) is 5.61. The van der Waals surface area contributed by atoms with Crippen LogP contribution in [0.3, 0.4) is 0 Å². The molecule has 90 valence electrons. The van der Waals surface area contributed by atoms with Gasteiger partial charge in [0.1, 0.15) is 0 Å². The Balaban J connectivity index is 2.24. The second-order valence-electron chi connectivity index (χ2n) is 4.84. The second kappa shape index (κ2) is 5.19. The summed E-state index contributed by atoms with van der Waals surface area (Å²) in [5.41, 5.74) is 0. The number of rotatable bonds is 3. The quantitative estimate of drug-likeness (QED) is 0.700. The van der Waals surface area contributed by atoms with Gasteiger partial charge in [0.25, 0.3) is 0 Å². The highest BCUT2D eigenvalue weighted by Gasteiger charge is 2.35. The zero-order valence-corrected chi connectivity index (χ0v) is 9.31. The fourth-order valence-corrected chi connectivity index (χ4v) is 2.34. The molecule has 0 aromatic heterocycles. The van der Waals surface area contributed by atoms with Crippen LogP contribution in [0.2, 0.25) is 0 Å². The van der Waals surface area contributed by atoms with E-state index >= 15 is 0 Å². The molecule has 0 spiro atoms. The summed E-state index contributed by atoms with van der Waals surface area (Å²) in [5, 5.41) is 0. The SMILES string of the molecule is CC(C)CC1CCC(OC(F)(F)F)CC1. The van der Waals surface area contributed by atoms with Crippen LogP contribution in [0.4, 0.5) is 13.2 Å². The Morgan fingerprint density at radius 3 is 2.07 bits per heavy atom. The van der Waals surface area contributed by atoms with E-state index in [4.69, 9.17) is 0 Å². The third kappa shape index (κ3) is 5.40. The van der Waals surface area contributed by atoms with Crippen LogP contribution in [0.1, 0.15) is 46.0 Å². The van der Waals surface area contributed by atoms with Gasteiger partial charge in [0.2, 0.25) is 0 Å². The van der Waals surface area contributed by atoms with Gasteiger partial charge in [-0.3, -0.25) is 4.74 Å². The molecule has 0 radical (unpaired) electrons. The van der Waals surface area contributed by atoms with Crippen molar-refractivity contribution in [3.8, 4) is 0 Å². The van der Waals surface area contributed by atoms with Gasteiger partial charge in [-0.05, 0) is 43.9 Å². The summed E-state index contributed by atoms with van der Waals surface area (Å²) >= 11 is 0. The lowest BCUT2D eigenvalue weighted by Gasteiger charge is -2.29. The molecule has 0 aliphatic heterocycles. The van der Waals surface area contributed by atoms with Crippen molar-refractivity contribution in [3.05, 3.63) is 0 Å². The third-order valence-electron chi connectivity index (χ3n) is 2.90. The molecule has 0 bridgehead atoms. The average molecular weight is 224 g/mol. The molecular weight excluding hydrogens is 205 g/mol. The molecule has 1 nitrogen and oxygen atoms in total. The van der Waals surface area contributed by atoms with Crippen molar-refractivity contribution in [2.45, 2.75) is 58.4 Å². The fraction of sp³-hybridized carbons (Fsp3) is 1.00. The van der Waals surface area contributed by atoms with Crippen LogP contribution in [0, 0.1) is 11.8 Å². The minimum absolute atomic E-state index is 0.552. The summed E-state index contributed by atoms with van der Waals surface area (Å²) in [6, 6.07) is 0. The Morgan fingerprint density at radius 2 is 1.67 bits per heavy atom. The number of hydrogen-bond acceptors (Lipinski definition) is 1. The van der Waals surface area contributed by atoms with Gasteiger partial charge in [-0.15, -0.1) is 13.2 Å². The molecule has 0 unspecified atom stereocenters. The van der Waals surface area contributed by atoms with Crippen LogP contribution in [-0.2, 0) is 4.74 Å². The molecule has 1 aliphatic rings. The van der Waals surface area contributed by atoms with Crippen molar-refractivity contribution in [1.82, 2.24) is 0 Å². The van der Waals surface area contributed by atoms with Crippen LogP contribution in [0.15, 0.2) is 0 Å². The van der Waals surface area contributed by atoms with Crippen LogP contribution < -0.4 is 0 Å². The lowest BCUT2D eigenvalue weighted by Crippen LogP contribution is -2.28. The summed E-state index contributed by atoms with van der Waals surface area (Å²) in [4.78, 5) is 0. The topological polar surface area (TPSA) is 9.23 Å². The van der Waals surface area contributed by atoms with Crippen molar-refractivity contribution in [2.24, 2.45) is 11.8 Å². The van der Waals surface area contributed by atoms with Gasteiger partial charge in [0, 0.05) is 0 Å². The molecule has 0 heterocycles. The molecule has 1 fully saturated rings. The lowest BCUT2D eigenvalue weighted by molar-refractivity contribution is -0.345. The Labute approximate surface area is 89.0 Å². The minimum Gasteiger partial charge on any atom is -0.289 e. The molecule has 0 amide bonds. The molecule has 0 atom stereocenters. The van der Waals surface area contributed by atoms with Gasteiger partial charge < -0.3 is 0 Å². The first-order valence-corrected chi connectivity index (χ1v) is 5.61. The molecule has 0 aromatic carbocycles. The van der Waals surface area contributed by atoms with Crippen LogP contribution in [0.25, 0.3) is 0 Å². The lowest BCUT2D eigenvalue weighted by atomic mass is 9.82. The zero-order valence-electron chi connectivity index (χ0n) is 9.31. The zero-order chi connectivity index (χ0) is 11.5. The smallest absolute Gasteiger partial charge is 0.289 e. The first kappa shape index (κ1) is 12.8. The fourth-order valence-electron chi connectivity index (χ4n) is 2.34. The van der Waals surface area contributed by atoms with Crippen LogP contribution in [-0.4, -0.2) is 12.5 Å². The van der Waals surface area contributed by atoms with E-state index in [-0.39, 0.29) is 0 Å². The average Bonchev–Trinajstić information content (AvgIpc) is 2.05. The predicted octanol–water partition coefficient (Wildman–Crippen LogP) is 4.13. The van der Waals surface area contributed by atoms with E-state index in [0.29, 0.717) is 24.7 Å². The second-order valence-corrected chi connectivity index (χ2v) is 4.84. The molecule has 4 heteroatoms. The van der Waals surface area contributed by atoms with Crippen molar-refractivity contribution in [2.75, 3.05) is 0 Å². The van der Waals surface area contributed by atoms with E-state index in [1.54, 1.807) is 0 Å². The van der Waals surface area contributed by atoms with Crippen LogP contribution in [0.5, 0.6) is 0 Å². The summed E-state index contributed by atoms with van der Waals surface area (Å²) in [6.07, 6.45) is -1.09. The largest absolute Gasteiger partial charge is 0.522 e. The molecule has 1 aliphatic carbocycles. The van der Waals surface area contributed by atoms with Gasteiger partial charge in [0.15, 0.2) is 0 Å². The third-order valence-corrected chi connectivity index (χ3v) is 2.90. The molecule has 0 aromatic rings. The number of hydrogen-bond donors (Lipinski definition) is 0. The summed E-state index contributed by atoms with van der Waals surface area (Å²) in [5.74, 6) is 1.23. The summed E-state index contributed by atoms with van der Waals surface area (Å²) in [6.45, 7) is 4.30. The van der Waals surface area contributed by atoms with Crippen molar-refractivity contribution in [1.29, 1.82) is 0 Å². The van der Waals surface area contributed by atoms with E-state index in [1.165, 1.54) is 0 Å². The number of alkyl halides is 3. The van der Waals surface area contributed by atoms with Gasteiger partial charge in [-0.2, -0.15) is 0 Å². The van der Waals surface area contributed by atoms with E-state index in [1.807, 2.05) is 0 Å². The summed E-state index contributed by atoms with van der Waals surface area (Å²) in [7, 11) is 0. The predicted molar refractivity (Wildman–Crippen MR) is 52.3 cm³/mol. The van der Waals surface area contributed by atoms with E-state index in [9.17, 15) is 13.2 Å². The van der Waals surface area contributed by atoms with Crippen molar-refractivity contribution >= 4 is 0 Å². The van der Waals surface area contributed by atoms with Crippen molar-refractivity contribution < 1.29 is 17.9 Å². The Bertz CT molecular complexity index is 181. The van der Waals surface area contributed by atoms with Gasteiger partial charge in [-0.25, -0.2) is 0 Å². The van der Waals surface area contributed by atoms with E-state index in [2.05, 4.69) is 18.6 Å². The molecule has 0 N–H and O–H groups in total. The Morgan fingerprint density at radius 1 is 1.13 bits per heavy atom. The highest BCUT2D eigenvalue weighted by molar-refractivity contribution is 4.73. The molecule has 0 saturated heterocycles. The molecular formula is C11H19F3O.